The van der Waals surface area contributed by atoms with Gasteiger partial charge in [-0.1, -0.05) is 42.5 Å². The average molecular weight is 271 g/mol. The number of rotatable bonds is 5. The monoisotopic (exact) mass is 271 g/mol. The third-order valence-electron chi connectivity index (χ3n) is 3.24. The van der Waals surface area contributed by atoms with Gasteiger partial charge in [0.05, 0.1) is 0 Å². The quantitative estimate of drug-likeness (QED) is 0.776. The van der Waals surface area contributed by atoms with Crippen molar-refractivity contribution < 1.29 is 15.0 Å². The smallest absolute Gasteiger partial charge is 0.324 e. The molecule has 4 heteroatoms. The Hall–Kier alpha value is -2.33. The number of carboxylic acids is 1. The number of carboxylic acid groups (broad SMARTS) is 1. The molecular formula is C16H17NO3. The number of phenols is 1. The highest BCUT2D eigenvalue weighted by Gasteiger charge is 2.34. The first kappa shape index (κ1) is 14.1. The lowest BCUT2D eigenvalue weighted by atomic mass is 9.85. The van der Waals surface area contributed by atoms with Crippen LogP contribution in [0.4, 0.5) is 0 Å². The Labute approximate surface area is 117 Å². The maximum atomic E-state index is 11.5. The number of aliphatic carboxylic acids is 1. The van der Waals surface area contributed by atoms with E-state index in [9.17, 15) is 15.0 Å². The molecule has 0 saturated heterocycles. The second-order valence-electron chi connectivity index (χ2n) is 4.97. The number of hydrogen-bond acceptors (Lipinski definition) is 3. The minimum Gasteiger partial charge on any atom is -0.508 e. The summed E-state index contributed by atoms with van der Waals surface area (Å²) in [7, 11) is 0. The van der Waals surface area contributed by atoms with Crippen molar-refractivity contribution in [2.24, 2.45) is 5.73 Å². The van der Waals surface area contributed by atoms with Crippen LogP contribution in [0.5, 0.6) is 5.75 Å². The zero-order valence-electron chi connectivity index (χ0n) is 11.0. The van der Waals surface area contributed by atoms with Crippen LogP contribution in [-0.4, -0.2) is 21.7 Å². The zero-order valence-corrected chi connectivity index (χ0v) is 11.0. The van der Waals surface area contributed by atoms with Crippen LogP contribution in [0.1, 0.15) is 11.1 Å². The fourth-order valence-corrected chi connectivity index (χ4v) is 2.15. The Morgan fingerprint density at radius 1 is 0.950 bits per heavy atom. The van der Waals surface area contributed by atoms with Gasteiger partial charge >= 0.3 is 5.97 Å². The number of nitrogens with two attached hydrogens (primary N) is 1. The largest absolute Gasteiger partial charge is 0.508 e. The molecule has 0 heterocycles. The molecule has 0 aromatic heterocycles. The van der Waals surface area contributed by atoms with Gasteiger partial charge in [0.25, 0.3) is 0 Å². The number of carbonyl (C=O) groups is 1. The Bertz CT molecular complexity index is 580. The average Bonchev–Trinajstić information content (AvgIpc) is 2.42. The Kier molecular flexibility index (Phi) is 4.05. The molecule has 20 heavy (non-hydrogen) atoms. The van der Waals surface area contributed by atoms with Crippen molar-refractivity contribution in [2.45, 2.75) is 18.4 Å². The van der Waals surface area contributed by atoms with Gasteiger partial charge in [0, 0.05) is 12.8 Å². The molecule has 2 aromatic carbocycles. The lowest BCUT2D eigenvalue weighted by Gasteiger charge is -2.25. The molecule has 0 amide bonds. The summed E-state index contributed by atoms with van der Waals surface area (Å²) in [4.78, 5) is 11.5. The van der Waals surface area contributed by atoms with Gasteiger partial charge in [-0.05, 0) is 23.3 Å². The fourth-order valence-electron chi connectivity index (χ4n) is 2.15. The van der Waals surface area contributed by atoms with Crippen LogP contribution in [0.2, 0.25) is 0 Å². The standard InChI is InChI=1S/C16H17NO3/c17-16(15(19)20,10-12-4-2-1-3-5-12)11-13-6-8-14(18)9-7-13/h1-9,18H,10-11,17H2,(H,19,20)/t16-/m0/s1. The fraction of sp³-hybridized carbons (Fsp3) is 0.188. The maximum Gasteiger partial charge on any atom is 0.324 e. The van der Waals surface area contributed by atoms with Gasteiger partial charge in [-0.25, -0.2) is 0 Å². The van der Waals surface area contributed by atoms with Crippen LogP contribution in [0.25, 0.3) is 0 Å². The van der Waals surface area contributed by atoms with Crippen molar-refractivity contribution in [1.29, 1.82) is 0 Å². The first-order valence-corrected chi connectivity index (χ1v) is 6.34. The first-order chi connectivity index (χ1) is 9.49. The van der Waals surface area contributed by atoms with Gasteiger partial charge in [-0.15, -0.1) is 0 Å². The molecule has 2 aromatic rings. The first-order valence-electron chi connectivity index (χ1n) is 6.34. The predicted molar refractivity (Wildman–Crippen MR) is 76.5 cm³/mol. The van der Waals surface area contributed by atoms with Gasteiger partial charge in [-0.2, -0.15) is 0 Å². The van der Waals surface area contributed by atoms with E-state index in [2.05, 4.69) is 0 Å². The number of hydrogen-bond donors (Lipinski definition) is 3. The zero-order chi connectivity index (χ0) is 14.6. The summed E-state index contributed by atoms with van der Waals surface area (Å²) < 4.78 is 0. The van der Waals surface area contributed by atoms with Crippen LogP contribution in [-0.2, 0) is 17.6 Å². The topological polar surface area (TPSA) is 83.5 Å². The van der Waals surface area contributed by atoms with Crippen molar-refractivity contribution in [3.63, 3.8) is 0 Å². The summed E-state index contributed by atoms with van der Waals surface area (Å²) in [6.45, 7) is 0. The molecule has 1 atom stereocenters. The van der Waals surface area contributed by atoms with Crippen LogP contribution in [0, 0.1) is 0 Å². The van der Waals surface area contributed by atoms with Crippen LogP contribution in [0.15, 0.2) is 54.6 Å². The molecule has 0 unspecified atom stereocenters. The van der Waals surface area contributed by atoms with Gasteiger partial charge in [0.15, 0.2) is 0 Å². The molecule has 0 aliphatic rings. The highest BCUT2D eigenvalue weighted by atomic mass is 16.4. The minimum absolute atomic E-state index is 0.148. The lowest BCUT2D eigenvalue weighted by Crippen LogP contribution is -2.51. The molecular weight excluding hydrogens is 254 g/mol. The van der Waals surface area contributed by atoms with E-state index in [-0.39, 0.29) is 18.6 Å². The van der Waals surface area contributed by atoms with E-state index in [0.29, 0.717) is 0 Å². The summed E-state index contributed by atoms with van der Waals surface area (Å²) in [5.74, 6) is -0.885. The van der Waals surface area contributed by atoms with E-state index in [1.54, 1.807) is 12.1 Å². The summed E-state index contributed by atoms with van der Waals surface area (Å²) in [6, 6.07) is 15.7. The minimum atomic E-state index is -1.36. The molecule has 104 valence electrons. The molecule has 0 saturated carbocycles. The number of phenolic OH excluding ortho intramolecular Hbond substituents is 1. The van der Waals surface area contributed by atoms with Crippen molar-refractivity contribution in [3.05, 3.63) is 65.7 Å². The summed E-state index contributed by atoms with van der Waals surface area (Å²) in [5, 5.41) is 18.7. The highest BCUT2D eigenvalue weighted by Crippen LogP contribution is 2.19. The predicted octanol–water partition coefficient (Wildman–Crippen LogP) is 1.96. The van der Waals surface area contributed by atoms with E-state index in [4.69, 9.17) is 5.73 Å². The summed E-state index contributed by atoms with van der Waals surface area (Å²) in [5.41, 5.74) is 6.38. The van der Waals surface area contributed by atoms with Crippen LogP contribution < -0.4 is 5.73 Å². The highest BCUT2D eigenvalue weighted by molar-refractivity contribution is 5.79. The third-order valence-corrected chi connectivity index (χ3v) is 3.24. The molecule has 0 fully saturated rings. The normalized spacial score (nSPS) is 13.7. The SMILES string of the molecule is N[C@@](Cc1ccccc1)(Cc1ccc(O)cc1)C(=O)O. The molecule has 4 N–H and O–H groups in total. The molecule has 0 spiro atoms. The van der Waals surface area contributed by atoms with E-state index in [1.165, 1.54) is 12.1 Å². The molecule has 0 aliphatic heterocycles. The second kappa shape index (κ2) is 5.75. The van der Waals surface area contributed by atoms with E-state index >= 15 is 0 Å². The van der Waals surface area contributed by atoms with Gasteiger partial charge < -0.3 is 15.9 Å². The van der Waals surface area contributed by atoms with Crippen molar-refractivity contribution in [3.8, 4) is 5.75 Å². The van der Waals surface area contributed by atoms with E-state index < -0.39 is 11.5 Å². The van der Waals surface area contributed by atoms with Crippen molar-refractivity contribution in [2.75, 3.05) is 0 Å². The second-order valence-corrected chi connectivity index (χ2v) is 4.97. The summed E-state index contributed by atoms with van der Waals surface area (Å²) >= 11 is 0. The van der Waals surface area contributed by atoms with Gasteiger partial charge in [0.1, 0.15) is 11.3 Å². The molecule has 0 aliphatic carbocycles. The molecule has 2 rings (SSSR count). The molecule has 0 bridgehead atoms. The van der Waals surface area contributed by atoms with E-state index in [0.717, 1.165) is 11.1 Å². The van der Waals surface area contributed by atoms with Crippen molar-refractivity contribution >= 4 is 5.97 Å². The van der Waals surface area contributed by atoms with Gasteiger partial charge in [-0.3, -0.25) is 4.79 Å². The lowest BCUT2D eigenvalue weighted by molar-refractivity contribution is -0.143. The molecule has 4 nitrogen and oxygen atoms in total. The summed E-state index contributed by atoms with van der Waals surface area (Å²) in [6.07, 6.45) is 0.460. The Morgan fingerprint density at radius 3 is 1.95 bits per heavy atom. The van der Waals surface area contributed by atoms with Crippen LogP contribution >= 0.6 is 0 Å². The third kappa shape index (κ3) is 3.36. The van der Waals surface area contributed by atoms with E-state index in [1.807, 2.05) is 30.3 Å². The van der Waals surface area contributed by atoms with Crippen molar-refractivity contribution in [1.82, 2.24) is 0 Å². The molecule has 0 radical (unpaired) electrons. The number of aromatic hydroxyl groups is 1. The Morgan fingerprint density at radius 2 is 1.45 bits per heavy atom. The number of benzene rings is 2. The maximum absolute atomic E-state index is 11.5. The van der Waals surface area contributed by atoms with Gasteiger partial charge in [0.2, 0.25) is 0 Å². The van der Waals surface area contributed by atoms with Crippen LogP contribution in [0.3, 0.4) is 0 Å². The Balaban J connectivity index is 2.21.